The highest BCUT2D eigenvalue weighted by molar-refractivity contribution is 7.99. The summed E-state index contributed by atoms with van der Waals surface area (Å²) in [5.74, 6) is 0.675. The van der Waals surface area contributed by atoms with Gasteiger partial charge in [0.25, 0.3) is 0 Å². The molecule has 16 heavy (non-hydrogen) atoms. The van der Waals surface area contributed by atoms with Gasteiger partial charge in [0.2, 0.25) is 0 Å². The summed E-state index contributed by atoms with van der Waals surface area (Å²) < 4.78 is 0. The zero-order valence-corrected chi connectivity index (χ0v) is 9.81. The van der Waals surface area contributed by atoms with Crippen LogP contribution in [-0.2, 0) is 5.75 Å². The highest BCUT2D eigenvalue weighted by Gasteiger charge is 2.09. The van der Waals surface area contributed by atoms with Crippen molar-refractivity contribution in [2.75, 3.05) is 6.61 Å². The Kier molecular flexibility index (Phi) is 5.07. The van der Waals surface area contributed by atoms with Crippen LogP contribution >= 0.6 is 11.8 Å². The Morgan fingerprint density at radius 1 is 1.69 bits per heavy atom. The van der Waals surface area contributed by atoms with Gasteiger partial charge < -0.3 is 16.0 Å². The lowest BCUT2D eigenvalue weighted by molar-refractivity contribution is 0.300. The average molecular weight is 241 g/mol. The summed E-state index contributed by atoms with van der Waals surface area (Å²) in [6.07, 6.45) is 1.59. The number of thioether (sulfide) groups is 1. The molecule has 1 rings (SSSR count). The first kappa shape index (κ1) is 12.8. The molecule has 0 radical (unpaired) electrons. The van der Waals surface area contributed by atoms with Crippen molar-refractivity contribution in [3.8, 4) is 0 Å². The molecule has 0 aliphatic rings. The number of aliphatic hydroxyl groups excluding tert-OH is 1. The molecule has 4 N–H and O–H groups in total. The Morgan fingerprint density at radius 2 is 2.44 bits per heavy atom. The van der Waals surface area contributed by atoms with E-state index in [0.717, 1.165) is 5.56 Å². The smallest absolute Gasteiger partial charge is 0.189 e. The van der Waals surface area contributed by atoms with Crippen LogP contribution in [0, 0.1) is 0 Å². The van der Waals surface area contributed by atoms with Crippen molar-refractivity contribution >= 4 is 17.6 Å². The number of nitrogens with two attached hydrogens (primary N) is 1. The molecule has 1 aromatic rings. The van der Waals surface area contributed by atoms with Crippen LogP contribution in [0.1, 0.15) is 18.2 Å². The number of aliphatic hydroxyl groups is 1. The van der Waals surface area contributed by atoms with Crippen LogP contribution in [0.5, 0.6) is 0 Å². The molecule has 0 fully saturated rings. The highest BCUT2D eigenvalue weighted by atomic mass is 32.2. The van der Waals surface area contributed by atoms with Crippen molar-refractivity contribution in [1.29, 1.82) is 0 Å². The maximum Gasteiger partial charge on any atom is 0.189 e. The topological polar surface area (TPSA) is 91.7 Å². The number of nitrogens with zero attached hydrogens (tertiary/aromatic N) is 2. The van der Waals surface area contributed by atoms with Gasteiger partial charge in [-0.25, -0.2) is 0 Å². The molecule has 1 atom stereocenters. The Bertz CT molecular complexity index is 371. The van der Waals surface area contributed by atoms with Crippen LogP contribution in [0.15, 0.2) is 23.5 Å². The third kappa shape index (κ3) is 3.39. The highest BCUT2D eigenvalue weighted by Crippen LogP contribution is 2.18. The number of amidine groups is 1. The van der Waals surface area contributed by atoms with E-state index in [1.165, 1.54) is 0 Å². The van der Waals surface area contributed by atoms with E-state index >= 15 is 0 Å². The number of rotatable bonds is 5. The normalized spacial score (nSPS) is 13.8. The van der Waals surface area contributed by atoms with Crippen molar-refractivity contribution in [2.45, 2.75) is 17.9 Å². The van der Waals surface area contributed by atoms with Gasteiger partial charge in [0.05, 0.1) is 6.61 Å². The summed E-state index contributed by atoms with van der Waals surface area (Å²) >= 11 is 1.59. The molecule has 1 aromatic heterocycles. The van der Waals surface area contributed by atoms with Gasteiger partial charge >= 0.3 is 0 Å². The van der Waals surface area contributed by atoms with Gasteiger partial charge in [-0.3, -0.25) is 4.98 Å². The molecule has 6 heteroatoms. The predicted molar refractivity (Wildman–Crippen MR) is 64.6 cm³/mol. The summed E-state index contributed by atoms with van der Waals surface area (Å²) in [5, 5.41) is 20.6. The second-order valence-corrected chi connectivity index (χ2v) is 4.73. The molecule has 0 aromatic carbocycles. The number of aromatic nitrogens is 1. The molecule has 5 nitrogen and oxygen atoms in total. The summed E-state index contributed by atoms with van der Waals surface area (Å²) in [6.45, 7) is 2.06. The van der Waals surface area contributed by atoms with E-state index in [1.807, 2.05) is 13.0 Å². The number of pyridine rings is 1. The molecule has 1 unspecified atom stereocenters. The zero-order chi connectivity index (χ0) is 12.0. The summed E-state index contributed by atoms with van der Waals surface area (Å²) in [6, 6.07) is 3.67. The summed E-state index contributed by atoms with van der Waals surface area (Å²) in [4.78, 5) is 4.06. The second-order valence-electron chi connectivity index (χ2n) is 3.30. The standard InChI is InChI=1S/C10H15N3O2S/c1-7(5-14)16-6-8-3-2-4-12-9(8)10(11)13-15/h2-4,7,14-15H,5-6H2,1H3,(H2,11,13). The van der Waals surface area contributed by atoms with Crippen molar-refractivity contribution in [3.63, 3.8) is 0 Å². The first-order valence-corrected chi connectivity index (χ1v) is 5.88. The SMILES string of the molecule is CC(CO)SCc1cccnc1/C(N)=N/O. The maximum atomic E-state index is 8.91. The van der Waals surface area contributed by atoms with E-state index in [0.29, 0.717) is 11.4 Å². The molecule has 0 saturated carbocycles. The third-order valence-corrected chi connectivity index (χ3v) is 3.22. The minimum atomic E-state index is 0.00727. The van der Waals surface area contributed by atoms with Gasteiger partial charge in [-0.2, -0.15) is 11.8 Å². The van der Waals surface area contributed by atoms with Gasteiger partial charge in [0, 0.05) is 17.2 Å². The molecule has 0 amide bonds. The Hall–Kier alpha value is -1.27. The molecule has 0 bridgehead atoms. The summed E-state index contributed by atoms with van der Waals surface area (Å²) in [7, 11) is 0. The number of hydrogen-bond donors (Lipinski definition) is 3. The van der Waals surface area contributed by atoms with E-state index < -0.39 is 0 Å². The van der Waals surface area contributed by atoms with Crippen LogP contribution in [0.3, 0.4) is 0 Å². The molecule has 0 aliphatic carbocycles. The fourth-order valence-electron chi connectivity index (χ4n) is 1.12. The van der Waals surface area contributed by atoms with Gasteiger partial charge in [0.15, 0.2) is 5.84 Å². The van der Waals surface area contributed by atoms with Crippen LogP contribution in [0.2, 0.25) is 0 Å². The van der Waals surface area contributed by atoms with E-state index in [1.54, 1.807) is 24.0 Å². The molecular weight excluding hydrogens is 226 g/mol. The zero-order valence-electron chi connectivity index (χ0n) is 9.00. The third-order valence-electron chi connectivity index (χ3n) is 2.02. The van der Waals surface area contributed by atoms with Crippen molar-refractivity contribution in [2.24, 2.45) is 10.9 Å². The molecule has 0 spiro atoms. The molecule has 1 heterocycles. The van der Waals surface area contributed by atoms with E-state index in [9.17, 15) is 0 Å². The van der Waals surface area contributed by atoms with Gasteiger partial charge in [0.1, 0.15) is 5.69 Å². The minimum absolute atomic E-state index is 0.00727. The van der Waals surface area contributed by atoms with Crippen LogP contribution in [0.25, 0.3) is 0 Å². The molecule has 0 aliphatic heterocycles. The maximum absolute atomic E-state index is 8.91. The van der Waals surface area contributed by atoms with Crippen LogP contribution in [-0.4, -0.2) is 33.0 Å². The second kappa shape index (κ2) is 6.34. The average Bonchev–Trinajstić information content (AvgIpc) is 2.35. The minimum Gasteiger partial charge on any atom is -0.409 e. The number of hydrogen-bond acceptors (Lipinski definition) is 5. The van der Waals surface area contributed by atoms with Crippen molar-refractivity contribution in [3.05, 3.63) is 29.6 Å². The molecular formula is C10H15N3O2S. The Balaban J connectivity index is 2.79. The Labute approximate surface area is 98.4 Å². The molecule has 88 valence electrons. The lowest BCUT2D eigenvalue weighted by atomic mass is 10.2. The first-order valence-electron chi connectivity index (χ1n) is 4.83. The van der Waals surface area contributed by atoms with Gasteiger partial charge in [-0.15, -0.1) is 0 Å². The van der Waals surface area contributed by atoms with E-state index in [-0.39, 0.29) is 17.7 Å². The first-order chi connectivity index (χ1) is 7.69. The van der Waals surface area contributed by atoms with Crippen molar-refractivity contribution in [1.82, 2.24) is 4.98 Å². The fraction of sp³-hybridized carbons (Fsp3) is 0.400. The lowest BCUT2D eigenvalue weighted by Crippen LogP contribution is -2.17. The monoisotopic (exact) mass is 241 g/mol. The number of oxime groups is 1. The van der Waals surface area contributed by atoms with Crippen molar-refractivity contribution < 1.29 is 10.3 Å². The van der Waals surface area contributed by atoms with Gasteiger partial charge in [-0.1, -0.05) is 18.1 Å². The van der Waals surface area contributed by atoms with Crippen LogP contribution in [0.4, 0.5) is 0 Å². The van der Waals surface area contributed by atoms with Gasteiger partial charge in [-0.05, 0) is 11.6 Å². The quantitative estimate of drug-likeness (QED) is 0.307. The van der Waals surface area contributed by atoms with Crippen LogP contribution < -0.4 is 5.73 Å². The lowest BCUT2D eigenvalue weighted by Gasteiger charge is -2.09. The fourth-order valence-corrected chi connectivity index (χ4v) is 1.92. The largest absolute Gasteiger partial charge is 0.409 e. The predicted octanol–water partition coefficient (Wildman–Crippen LogP) is 0.790. The molecule has 0 saturated heterocycles. The summed E-state index contributed by atoms with van der Waals surface area (Å²) in [5.41, 5.74) is 6.89. The van der Waals surface area contributed by atoms with E-state index in [2.05, 4.69) is 10.1 Å². The Morgan fingerprint density at radius 3 is 3.06 bits per heavy atom. The van der Waals surface area contributed by atoms with E-state index in [4.69, 9.17) is 16.0 Å².